The number of rotatable bonds is 5. The van der Waals surface area contributed by atoms with Crippen LogP contribution in [-0.4, -0.2) is 30.3 Å². The van der Waals surface area contributed by atoms with Gasteiger partial charge in [-0.3, -0.25) is 5.43 Å². The normalized spacial score (nSPS) is 11.5. The maximum Gasteiger partial charge on any atom is 0.350 e. The van der Waals surface area contributed by atoms with Gasteiger partial charge in [0.25, 0.3) is 0 Å². The van der Waals surface area contributed by atoms with Crippen molar-refractivity contribution < 1.29 is 23.8 Å². The fourth-order valence-corrected chi connectivity index (χ4v) is 3.84. The van der Waals surface area contributed by atoms with Crippen LogP contribution in [0.2, 0.25) is 0 Å². The van der Waals surface area contributed by atoms with Crippen LogP contribution in [-0.2, 0) is 4.74 Å². The van der Waals surface area contributed by atoms with E-state index in [0.717, 1.165) is 10.9 Å². The fourth-order valence-electron chi connectivity index (χ4n) is 3.02. The van der Waals surface area contributed by atoms with E-state index in [-0.39, 0.29) is 5.75 Å². The summed E-state index contributed by atoms with van der Waals surface area (Å²) in [5.41, 5.74) is 4.85. The Labute approximate surface area is 181 Å². The van der Waals surface area contributed by atoms with Gasteiger partial charge in [-0.25, -0.2) is 9.78 Å². The zero-order chi connectivity index (χ0) is 22.0. The molecule has 0 radical (unpaired) electrons. The van der Waals surface area contributed by atoms with Gasteiger partial charge >= 0.3 is 5.97 Å². The van der Waals surface area contributed by atoms with Crippen molar-refractivity contribution in [2.45, 2.75) is 6.92 Å². The lowest BCUT2D eigenvalue weighted by Gasteiger charge is -2.08. The van der Waals surface area contributed by atoms with Crippen molar-refractivity contribution >= 4 is 33.4 Å². The second kappa shape index (κ2) is 8.49. The number of fused-ring (bicyclic) bond motifs is 1. The van der Waals surface area contributed by atoms with Gasteiger partial charge in [-0.05, 0) is 37.3 Å². The topological polar surface area (TPSA) is 106 Å². The van der Waals surface area contributed by atoms with Gasteiger partial charge in [-0.15, -0.1) is 0 Å². The molecular weight excluding hydrogens is 418 g/mol. The number of benzene rings is 2. The first kappa shape index (κ1) is 20.4. The molecule has 4 aromatic rings. The van der Waals surface area contributed by atoms with Crippen LogP contribution in [0.5, 0.6) is 11.5 Å². The molecule has 0 aliphatic rings. The molecule has 0 atom stereocenters. The maximum atomic E-state index is 11.8. The van der Waals surface area contributed by atoms with Gasteiger partial charge in [-0.1, -0.05) is 23.5 Å². The summed E-state index contributed by atoms with van der Waals surface area (Å²) in [5.74, 6) is 0.490. The molecule has 4 rings (SSSR count). The third-order valence-corrected chi connectivity index (χ3v) is 5.60. The van der Waals surface area contributed by atoms with E-state index in [4.69, 9.17) is 13.9 Å². The number of nitrogens with one attached hydrogen (secondary N) is 1. The highest BCUT2D eigenvalue weighted by Gasteiger charge is 2.15. The molecule has 2 aromatic carbocycles. The molecule has 0 spiro atoms. The third-order valence-electron chi connectivity index (χ3n) is 4.55. The molecule has 0 amide bonds. The molecule has 0 bridgehead atoms. The lowest BCUT2D eigenvalue weighted by atomic mass is 10.1. The summed E-state index contributed by atoms with van der Waals surface area (Å²) >= 11 is 1.17. The molecule has 2 heterocycles. The zero-order valence-corrected chi connectivity index (χ0v) is 17.8. The highest BCUT2D eigenvalue weighted by atomic mass is 32.1. The number of phenols is 1. The molecule has 0 saturated heterocycles. The third kappa shape index (κ3) is 4.08. The minimum absolute atomic E-state index is 0.0409. The Bertz CT molecular complexity index is 1340. The molecule has 2 N–H and O–H groups in total. The van der Waals surface area contributed by atoms with Gasteiger partial charge in [0.05, 0.1) is 25.3 Å². The van der Waals surface area contributed by atoms with Crippen LogP contribution in [0.1, 0.15) is 15.4 Å². The average Bonchev–Trinajstić information content (AvgIpc) is 3.17. The first-order valence-corrected chi connectivity index (χ1v) is 10.1. The van der Waals surface area contributed by atoms with Crippen LogP contribution in [0, 0.1) is 6.92 Å². The highest BCUT2D eigenvalue weighted by molar-refractivity contribution is 7.17. The van der Waals surface area contributed by atoms with Gasteiger partial charge in [-0.2, -0.15) is 5.10 Å². The number of hydrogen-bond donors (Lipinski definition) is 2. The smallest absolute Gasteiger partial charge is 0.350 e. The van der Waals surface area contributed by atoms with Crippen molar-refractivity contribution in [3.05, 3.63) is 64.5 Å². The Morgan fingerprint density at radius 2 is 2.00 bits per heavy atom. The molecule has 31 heavy (non-hydrogen) atoms. The van der Waals surface area contributed by atoms with E-state index in [1.165, 1.54) is 25.6 Å². The van der Waals surface area contributed by atoms with E-state index < -0.39 is 5.97 Å². The highest BCUT2D eigenvalue weighted by Crippen LogP contribution is 2.32. The lowest BCUT2D eigenvalue weighted by Crippen LogP contribution is -2.07. The number of methoxy groups -OCH3 is 2. The molecule has 0 aliphatic carbocycles. The second-order valence-electron chi connectivity index (χ2n) is 6.53. The Hall–Kier alpha value is -3.85. The van der Waals surface area contributed by atoms with Crippen molar-refractivity contribution in [2.75, 3.05) is 19.6 Å². The van der Waals surface area contributed by atoms with Crippen LogP contribution >= 0.6 is 11.3 Å². The maximum absolute atomic E-state index is 11.8. The summed E-state index contributed by atoms with van der Waals surface area (Å²) in [6, 6.07) is 14.2. The molecule has 0 unspecified atom stereocenters. The Kier molecular flexibility index (Phi) is 5.59. The average molecular weight is 437 g/mol. The number of aromatic hydroxyl groups is 1. The van der Waals surface area contributed by atoms with E-state index in [1.54, 1.807) is 31.2 Å². The number of esters is 1. The standard InChI is InChI=1S/C22H19N3O5S/c1-12-20(21(27)29-3)31-22(23-12)25-24-15-11-18(30-17-7-5-4-6-14(15)17)13-8-9-16(26)19(10-13)28-2/h4-11,26H,1-3H3,(H,23,25)/b24-15+. The monoisotopic (exact) mass is 437 g/mol. The number of aromatic nitrogens is 1. The number of phenolic OH excluding ortho intramolecular Hbond substituents is 1. The minimum atomic E-state index is -0.435. The first-order chi connectivity index (χ1) is 15.0. The number of carbonyl (C=O) groups excluding carboxylic acids is 1. The molecule has 8 nitrogen and oxygen atoms in total. The quantitative estimate of drug-likeness (QED) is 0.354. The van der Waals surface area contributed by atoms with Crippen LogP contribution in [0.25, 0.3) is 22.3 Å². The summed E-state index contributed by atoms with van der Waals surface area (Å²) < 4.78 is 16.0. The summed E-state index contributed by atoms with van der Waals surface area (Å²) in [6.45, 7) is 1.74. The molecule has 0 saturated carbocycles. The van der Waals surface area contributed by atoms with Gasteiger partial charge in [0.2, 0.25) is 5.13 Å². The molecule has 158 valence electrons. The number of ether oxygens (including phenoxy) is 2. The minimum Gasteiger partial charge on any atom is -0.504 e. The predicted molar refractivity (Wildman–Crippen MR) is 117 cm³/mol. The number of aryl methyl sites for hydroxylation is 1. The van der Waals surface area contributed by atoms with Crippen molar-refractivity contribution in [1.29, 1.82) is 0 Å². The number of nitrogens with zero attached hydrogens (tertiary/aromatic N) is 2. The molecule has 0 aliphatic heterocycles. The van der Waals surface area contributed by atoms with Crippen LogP contribution in [0.15, 0.2) is 58.0 Å². The zero-order valence-electron chi connectivity index (χ0n) is 17.0. The largest absolute Gasteiger partial charge is 0.504 e. The Morgan fingerprint density at radius 1 is 1.19 bits per heavy atom. The predicted octanol–water partition coefficient (Wildman–Crippen LogP) is 4.29. The Balaban J connectivity index is 1.79. The molecular formula is C22H19N3O5S. The number of thiazole rings is 1. The number of para-hydroxylation sites is 1. The van der Waals surface area contributed by atoms with Crippen molar-refractivity contribution in [3.8, 4) is 22.8 Å². The number of carbonyl (C=O) groups is 1. The van der Waals surface area contributed by atoms with E-state index >= 15 is 0 Å². The lowest BCUT2D eigenvalue weighted by molar-refractivity contribution is 0.0605. The van der Waals surface area contributed by atoms with E-state index in [1.807, 2.05) is 24.3 Å². The van der Waals surface area contributed by atoms with Crippen molar-refractivity contribution in [3.63, 3.8) is 0 Å². The van der Waals surface area contributed by atoms with E-state index in [2.05, 4.69) is 15.5 Å². The van der Waals surface area contributed by atoms with Crippen molar-refractivity contribution in [1.82, 2.24) is 4.98 Å². The summed E-state index contributed by atoms with van der Waals surface area (Å²) in [5, 5.41) is 16.3. The van der Waals surface area contributed by atoms with Gasteiger partial charge in [0.1, 0.15) is 16.2 Å². The summed E-state index contributed by atoms with van der Waals surface area (Å²) in [6.07, 6.45) is 0. The molecule has 2 aromatic heterocycles. The summed E-state index contributed by atoms with van der Waals surface area (Å²) in [7, 11) is 2.82. The van der Waals surface area contributed by atoms with E-state index in [9.17, 15) is 9.90 Å². The Morgan fingerprint density at radius 3 is 2.77 bits per heavy atom. The fraction of sp³-hybridized carbons (Fsp3) is 0.136. The van der Waals surface area contributed by atoms with Gasteiger partial charge < -0.3 is 19.0 Å². The van der Waals surface area contributed by atoms with Crippen molar-refractivity contribution in [2.24, 2.45) is 5.10 Å². The van der Waals surface area contributed by atoms with E-state index in [0.29, 0.717) is 38.2 Å². The second-order valence-corrected chi connectivity index (χ2v) is 7.53. The number of hydrogen-bond acceptors (Lipinski definition) is 9. The summed E-state index contributed by atoms with van der Waals surface area (Å²) in [4.78, 5) is 16.6. The molecule has 0 fully saturated rings. The molecule has 9 heteroatoms. The van der Waals surface area contributed by atoms with Crippen LogP contribution < -0.4 is 15.5 Å². The number of anilines is 1. The van der Waals surface area contributed by atoms with Gasteiger partial charge in [0.15, 0.2) is 11.5 Å². The van der Waals surface area contributed by atoms with Crippen LogP contribution in [0.3, 0.4) is 0 Å². The van der Waals surface area contributed by atoms with Gasteiger partial charge in [0, 0.05) is 17.0 Å². The first-order valence-electron chi connectivity index (χ1n) is 9.26. The van der Waals surface area contributed by atoms with Crippen LogP contribution in [0.4, 0.5) is 5.13 Å². The SMILES string of the molecule is COC(=O)c1sc(N/N=c2\cc(-c3ccc(O)c(OC)c3)oc3ccccc23)nc1C.